The molecule has 0 bridgehead atoms. The zero-order valence-corrected chi connectivity index (χ0v) is 27.2. The third-order valence-electron chi connectivity index (χ3n) is 8.07. The largest absolute Gasteiger partial charge is 0.503 e. The number of benzene rings is 1. The monoisotopic (exact) mass is 640 g/mol. The smallest absolute Gasteiger partial charge is 0.332 e. The van der Waals surface area contributed by atoms with Crippen LogP contribution < -0.4 is 10.1 Å². The average molecular weight is 641 g/mol. The van der Waals surface area contributed by atoms with E-state index in [9.17, 15) is 24.3 Å². The summed E-state index contributed by atoms with van der Waals surface area (Å²) in [7, 11) is 1.32. The standard InChI is InChI=1S/C35H48N2O9/c1-4-5-6-7-8-9-10-11-12-16-19-29(38)46-32-24(2)45-35(42)27(37-33(40)30-31(39)28(43-3)20-21-36-30)23-44-34(41)26(32)22-25-17-14-13-15-18-25/h13-15,17-18,20-21,24,26-27,32,39H,4-12,16,19,22-23H2,1-3H3,(H,37,40). The molecule has 0 saturated carbocycles. The maximum absolute atomic E-state index is 13.5. The zero-order chi connectivity index (χ0) is 33.3. The van der Waals surface area contributed by atoms with Gasteiger partial charge in [0.05, 0.1) is 7.11 Å². The minimum atomic E-state index is -1.41. The predicted octanol–water partition coefficient (Wildman–Crippen LogP) is 5.46. The zero-order valence-electron chi connectivity index (χ0n) is 27.2. The Morgan fingerprint density at radius 2 is 1.61 bits per heavy atom. The molecule has 1 fully saturated rings. The number of nitrogens with one attached hydrogen (secondary N) is 1. The van der Waals surface area contributed by atoms with Gasteiger partial charge in [-0.1, -0.05) is 95.0 Å². The van der Waals surface area contributed by atoms with Crippen LogP contribution in [0.5, 0.6) is 11.5 Å². The molecule has 0 spiro atoms. The van der Waals surface area contributed by atoms with Crippen LogP contribution in [0.4, 0.5) is 0 Å². The van der Waals surface area contributed by atoms with Gasteiger partial charge in [0, 0.05) is 18.7 Å². The van der Waals surface area contributed by atoms with Crippen LogP contribution in [0, 0.1) is 5.92 Å². The van der Waals surface area contributed by atoms with Crippen LogP contribution in [0.25, 0.3) is 0 Å². The van der Waals surface area contributed by atoms with E-state index in [1.807, 2.05) is 30.3 Å². The first-order chi connectivity index (χ1) is 22.2. The summed E-state index contributed by atoms with van der Waals surface area (Å²) in [5, 5.41) is 12.7. The predicted molar refractivity (Wildman–Crippen MR) is 170 cm³/mol. The topological polar surface area (TPSA) is 150 Å². The molecule has 1 aromatic heterocycles. The molecule has 0 radical (unpaired) electrons. The number of hydrogen-bond donors (Lipinski definition) is 2. The van der Waals surface area contributed by atoms with Crippen LogP contribution in [-0.4, -0.2) is 65.9 Å². The summed E-state index contributed by atoms with van der Waals surface area (Å²) in [4.78, 5) is 56.5. The van der Waals surface area contributed by atoms with Gasteiger partial charge in [0.2, 0.25) is 0 Å². The fraction of sp³-hybridized carbons (Fsp3) is 0.571. The van der Waals surface area contributed by atoms with Crippen molar-refractivity contribution in [3.8, 4) is 11.5 Å². The van der Waals surface area contributed by atoms with Gasteiger partial charge in [-0.15, -0.1) is 0 Å². The second kappa shape index (κ2) is 19.4. The number of amides is 1. The number of aromatic hydroxyl groups is 1. The van der Waals surface area contributed by atoms with Crippen molar-refractivity contribution in [2.24, 2.45) is 5.92 Å². The van der Waals surface area contributed by atoms with Crippen molar-refractivity contribution in [2.75, 3.05) is 13.7 Å². The van der Waals surface area contributed by atoms with E-state index in [2.05, 4.69) is 17.2 Å². The Balaban J connectivity index is 1.66. The van der Waals surface area contributed by atoms with E-state index in [1.165, 1.54) is 57.9 Å². The molecule has 2 heterocycles. The first kappa shape index (κ1) is 36.3. The lowest BCUT2D eigenvalue weighted by Gasteiger charge is -2.29. The van der Waals surface area contributed by atoms with Crippen molar-refractivity contribution >= 4 is 23.8 Å². The summed E-state index contributed by atoms with van der Waals surface area (Å²) >= 11 is 0. The number of rotatable bonds is 17. The van der Waals surface area contributed by atoms with Crippen LogP contribution in [-0.2, 0) is 35.0 Å². The second-order valence-corrected chi connectivity index (χ2v) is 11.7. The van der Waals surface area contributed by atoms with Gasteiger partial charge in [-0.2, -0.15) is 0 Å². The Labute approximate surface area is 271 Å². The average Bonchev–Trinajstić information content (AvgIpc) is 3.08. The fourth-order valence-corrected chi connectivity index (χ4v) is 5.44. The molecule has 4 unspecified atom stereocenters. The third-order valence-corrected chi connectivity index (χ3v) is 8.07. The number of esters is 3. The Bertz CT molecular complexity index is 1270. The van der Waals surface area contributed by atoms with Crippen molar-refractivity contribution < 1.29 is 43.2 Å². The van der Waals surface area contributed by atoms with E-state index in [1.54, 1.807) is 6.92 Å². The second-order valence-electron chi connectivity index (χ2n) is 11.7. The number of hydrogen-bond acceptors (Lipinski definition) is 10. The minimum Gasteiger partial charge on any atom is -0.503 e. The van der Waals surface area contributed by atoms with Crippen molar-refractivity contribution in [1.82, 2.24) is 10.3 Å². The number of unbranched alkanes of at least 4 members (excludes halogenated alkanes) is 9. The molecule has 3 rings (SSSR count). The number of pyridine rings is 1. The lowest BCUT2D eigenvalue weighted by atomic mass is 9.91. The van der Waals surface area contributed by atoms with E-state index < -0.39 is 60.3 Å². The van der Waals surface area contributed by atoms with E-state index >= 15 is 0 Å². The number of aromatic nitrogens is 1. The molecule has 1 aliphatic rings. The Kier molecular flexibility index (Phi) is 15.3. The molecule has 2 aromatic rings. The van der Waals surface area contributed by atoms with Crippen molar-refractivity contribution in [3.05, 3.63) is 53.9 Å². The number of carbonyl (C=O) groups excluding carboxylic acids is 4. The molecule has 4 atom stereocenters. The van der Waals surface area contributed by atoms with Gasteiger partial charge in [0.1, 0.15) is 18.6 Å². The quantitative estimate of drug-likeness (QED) is 0.130. The Morgan fingerprint density at radius 3 is 2.26 bits per heavy atom. The number of methoxy groups -OCH3 is 1. The van der Waals surface area contributed by atoms with Gasteiger partial charge in [-0.3, -0.25) is 14.4 Å². The van der Waals surface area contributed by atoms with Gasteiger partial charge in [-0.05, 0) is 25.3 Å². The summed E-state index contributed by atoms with van der Waals surface area (Å²) in [5.41, 5.74) is 0.425. The number of carbonyl (C=O) groups is 4. The maximum Gasteiger partial charge on any atom is 0.332 e. The fourth-order valence-electron chi connectivity index (χ4n) is 5.44. The highest BCUT2D eigenvalue weighted by Gasteiger charge is 2.42. The molecule has 11 heteroatoms. The van der Waals surface area contributed by atoms with E-state index in [4.69, 9.17) is 18.9 Å². The first-order valence-corrected chi connectivity index (χ1v) is 16.4. The van der Waals surface area contributed by atoms with Crippen molar-refractivity contribution in [3.63, 3.8) is 0 Å². The van der Waals surface area contributed by atoms with Gasteiger partial charge >= 0.3 is 17.9 Å². The van der Waals surface area contributed by atoms with Crippen LogP contribution >= 0.6 is 0 Å². The normalized spacial score (nSPS) is 20.0. The molecule has 1 amide bonds. The third kappa shape index (κ3) is 11.3. The molecule has 1 saturated heterocycles. The van der Waals surface area contributed by atoms with Crippen LogP contribution in [0.1, 0.15) is 101 Å². The molecule has 2 N–H and O–H groups in total. The molecule has 252 valence electrons. The Morgan fingerprint density at radius 1 is 0.957 bits per heavy atom. The minimum absolute atomic E-state index is 0.0171. The molecule has 1 aromatic carbocycles. The van der Waals surface area contributed by atoms with Gasteiger partial charge in [-0.25, -0.2) is 9.78 Å². The van der Waals surface area contributed by atoms with E-state index in [-0.39, 0.29) is 24.3 Å². The SMILES string of the molecule is CCCCCCCCCCCCC(=O)OC1C(C)OC(=O)C(NC(=O)c2nccc(OC)c2O)COC(=O)C1Cc1ccccc1. The highest BCUT2D eigenvalue weighted by Crippen LogP contribution is 2.28. The van der Waals surface area contributed by atoms with Crippen LogP contribution in [0.2, 0.25) is 0 Å². The molecule has 1 aliphatic heterocycles. The van der Waals surface area contributed by atoms with Gasteiger partial charge < -0.3 is 29.4 Å². The Hall–Kier alpha value is -4.15. The van der Waals surface area contributed by atoms with Crippen LogP contribution in [0.3, 0.4) is 0 Å². The lowest BCUT2D eigenvalue weighted by molar-refractivity contribution is -0.174. The highest BCUT2D eigenvalue weighted by atomic mass is 16.6. The van der Waals surface area contributed by atoms with Crippen LogP contribution in [0.15, 0.2) is 42.6 Å². The molecule has 46 heavy (non-hydrogen) atoms. The van der Waals surface area contributed by atoms with Gasteiger partial charge in [0.25, 0.3) is 5.91 Å². The van der Waals surface area contributed by atoms with E-state index in [0.717, 1.165) is 24.8 Å². The molecular formula is C35H48N2O9. The van der Waals surface area contributed by atoms with E-state index in [0.29, 0.717) is 6.42 Å². The number of nitrogens with zero attached hydrogens (tertiary/aromatic N) is 1. The first-order valence-electron chi connectivity index (χ1n) is 16.4. The van der Waals surface area contributed by atoms with Gasteiger partial charge in [0.15, 0.2) is 29.3 Å². The summed E-state index contributed by atoms with van der Waals surface area (Å²) in [6.07, 6.45) is 10.7. The summed E-state index contributed by atoms with van der Waals surface area (Å²) in [6, 6.07) is 9.16. The molecular weight excluding hydrogens is 592 g/mol. The number of ether oxygens (including phenoxy) is 4. The highest BCUT2D eigenvalue weighted by molar-refractivity contribution is 5.98. The summed E-state index contributed by atoms with van der Waals surface area (Å²) < 4.78 is 22.0. The number of cyclic esters (lactones) is 2. The maximum atomic E-state index is 13.5. The van der Waals surface area contributed by atoms with Crippen molar-refractivity contribution in [1.29, 1.82) is 0 Å². The molecule has 0 aliphatic carbocycles. The lowest BCUT2D eigenvalue weighted by Crippen LogP contribution is -2.46. The molecule has 11 nitrogen and oxygen atoms in total. The summed E-state index contributed by atoms with van der Waals surface area (Å²) in [6.45, 7) is 3.22. The summed E-state index contributed by atoms with van der Waals surface area (Å²) in [5.74, 6) is -4.45. The van der Waals surface area contributed by atoms with Crippen molar-refractivity contribution in [2.45, 2.75) is 109 Å².